The molecule has 0 saturated heterocycles. The number of rotatable bonds is 6. The Morgan fingerprint density at radius 2 is 1.36 bits per heavy atom. The lowest BCUT2D eigenvalue weighted by molar-refractivity contribution is 0.386. The van der Waals surface area contributed by atoms with Crippen LogP contribution in [0, 0.1) is 17.5 Å². The van der Waals surface area contributed by atoms with Gasteiger partial charge >= 0.3 is 0 Å². The maximum atomic E-state index is 14.7. The molecule has 0 amide bonds. The lowest BCUT2D eigenvalue weighted by Gasteiger charge is -2.08. The first kappa shape index (κ1) is 22.4. The number of methoxy groups -OCH3 is 1. The average Bonchev–Trinajstić information content (AvgIpc) is 2.85. The minimum atomic E-state index is -0.881. The molecule has 0 aromatic heterocycles. The highest BCUT2D eigenvalue weighted by Crippen LogP contribution is 2.29. The fourth-order valence-corrected chi connectivity index (χ4v) is 3.65. The van der Waals surface area contributed by atoms with E-state index in [0.717, 1.165) is 28.7 Å². The molecule has 0 atom stereocenters. The molecule has 0 heterocycles. The second-order valence-electron chi connectivity index (χ2n) is 7.69. The van der Waals surface area contributed by atoms with Gasteiger partial charge in [-0.05, 0) is 46.4 Å². The van der Waals surface area contributed by atoms with Gasteiger partial charge in [0.2, 0.25) is 0 Å². The first-order valence-corrected chi connectivity index (χ1v) is 10.7. The topological polar surface area (TPSA) is 9.23 Å². The van der Waals surface area contributed by atoms with Gasteiger partial charge in [0.1, 0.15) is 0 Å². The highest BCUT2D eigenvalue weighted by molar-refractivity contribution is 5.74. The summed E-state index contributed by atoms with van der Waals surface area (Å²) in [5, 5.41) is 0. The average molecular weight is 444 g/mol. The van der Waals surface area contributed by atoms with E-state index in [1.54, 1.807) is 36.4 Å². The zero-order valence-electron chi connectivity index (χ0n) is 18.4. The summed E-state index contributed by atoms with van der Waals surface area (Å²) in [7, 11) is 1.42. The number of halogens is 3. The van der Waals surface area contributed by atoms with Gasteiger partial charge in [0.05, 0.1) is 7.11 Å². The highest BCUT2D eigenvalue weighted by Gasteiger charge is 2.13. The summed E-state index contributed by atoms with van der Waals surface area (Å²) in [6.45, 7) is 2.04. The van der Waals surface area contributed by atoms with Gasteiger partial charge in [-0.2, -0.15) is 0 Å². The van der Waals surface area contributed by atoms with Crippen LogP contribution in [0.3, 0.4) is 0 Å². The molecule has 4 rings (SSSR count). The quantitative estimate of drug-likeness (QED) is 0.273. The van der Waals surface area contributed by atoms with E-state index in [0.29, 0.717) is 5.56 Å². The molecule has 0 spiro atoms. The normalized spacial score (nSPS) is 11.2. The molecule has 0 radical (unpaired) electrons. The largest absolute Gasteiger partial charge is 0.494 e. The van der Waals surface area contributed by atoms with Gasteiger partial charge in [-0.15, -0.1) is 0 Å². The fourth-order valence-electron chi connectivity index (χ4n) is 3.65. The number of hydrogen-bond acceptors (Lipinski definition) is 1. The van der Waals surface area contributed by atoms with Crippen LogP contribution in [0.25, 0.3) is 34.4 Å². The smallest absolute Gasteiger partial charge is 0.167 e. The van der Waals surface area contributed by atoms with Crippen LogP contribution in [-0.4, -0.2) is 7.11 Å². The second kappa shape index (κ2) is 9.78. The molecule has 4 heteroatoms. The summed E-state index contributed by atoms with van der Waals surface area (Å²) in [6.07, 6.45) is 4.15. The summed E-state index contributed by atoms with van der Waals surface area (Å²) in [6, 6.07) is 22.8. The standard InChI is InChI=1S/C29H23F3O/c1-3-19-4-11-22(12-5-19)25-16-14-23(28(31)29(25)32)13-8-20-6-9-21(10-7-20)24-15-17-27(33-2)26(30)18-24/h4-18H,3H2,1-2H3. The van der Waals surface area contributed by atoms with Crippen molar-refractivity contribution in [3.63, 3.8) is 0 Å². The van der Waals surface area contributed by atoms with Crippen molar-refractivity contribution in [2.45, 2.75) is 13.3 Å². The number of ether oxygens (including phenoxy) is 1. The van der Waals surface area contributed by atoms with E-state index in [1.165, 1.54) is 13.2 Å². The molecule has 4 aromatic carbocycles. The van der Waals surface area contributed by atoms with Gasteiger partial charge in [-0.25, -0.2) is 13.2 Å². The first-order valence-electron chi connectivity index (χ1n) is 10.7. The zero-order chi connectivity index (χ0) is 23.4. The maximum Gasteiger partial charge on any atom is 0.167 e. The predicted octanol–water partition coefficient (Wildman–Crippen LogP) is 8.18. The molecule has 4 aromatic rings. The molecule has 0 aliphatic carbocycles. The van der Waals surface area contributed by atoms with Crippen molar-refractivity contribution in [3.05, 3.63) is 113 Å². The Kier molecular flexibility index (Phi) is 6.64. The third kappa shape index (κ3) is 4.85. The van der Waals surface area contributed by atoms with Crippen LogP contribution in [-0.2, 0) is 6.42 Å². The summed E-state index contributed by atoms with van der Waals surface area (Å²) < 4.78 is 48.4. The van der Waals surface area contributed by atoms with E-state index in [4.69, 9.17) is 4.74 Å². The van der Waals surface area contributed by atoms with Crippen LogP contribution in [0.4, 0.5) is 13.2 Å². The third-order valence-electron chi connectivity index (χ3n) is 5.64. The van der Waals surface area contributed by atoms with Crippen molar-refractivity contribution in [1.82, 2.24) is 0 Å². The minimum Gasteiger partial charge on any atom is -0.494 e. The van der Waals surface area contributed by atoms with E-state index in [9.17, 15) is 13.2 Å². The molecule has 0 fully saturated rings. The first-order chi connectivity index (χ1) is 16.0. The van der Waals surface area contributed by atoms with Gasteiger partial charge in [0.25, 0.3) is 0 Å². The number of aryl methyl sites for hydroxylation is 1. The summed E-state index contributed by atoms with van der Waals surface area (Å²) in [5.41, 5.74) is 4.56. The SMILES string of the molecule is CCc1ccc(-c2ccc(C=Cc3ccc(-c4ccc(OC)c(F)c4)cc3)c(F)c2F)cc1. The summed E-state index contributed by atoms with van der Waals surface area (Å²) >= 11 is 0. The molecule has 0 unspecified atom stereocenters. The lowest BCUT2D eigenvalue weighted by Crippen LogP contribution is -1.93. The summed E-state index contributed by atoms with van der Waals surface area (Å²) in [5.74, 6) is -1.98. The lowest BCUT2D eigenvalue weighted by atomic mass is 10.00. The zero-order valence-corrected chi connectivity index (χ0v) is 18.4. The maximum absolute atomic E-state index is 14.7. The molecule has 0 N–H and O–H groups in total. The molecule has 0 bridgehead atoms. The van der Waals surface area contributed by atoms with Gasteiger partial charge in [0.15, 0.2) is 23.2 Å². The van der Waals surface area contributed by atoms with Crippen LogP contribution in [0.15, 0.2) is 78.9 Å². The van der Waals surface area contributed by atoms with E-state index in [-0.39, 0.29) is 16.9 Å². The minimum absolute atomic E-state index is 0.169. The van der Waals surface area contributed by atoms with E-state index in [2.05, 4.69) is 0 Å². The Labute approximate surface area is 191 Å². The second-order valence-corrected chi connectivity index (χ2v) is 7.69. The molecule has 0 aliphatic heterocycles. The highest BCUT2D eigenvalue weighted by atomic mass is 19.2. The molecule has 33 heavy (non-hydrogen) atoms. The van der Waals surface area contributed by atoms with Gasteiger partial charge in [0, 0.05) is 11.1 Å². The number of hydrogen-bond donors (Lipinski definition) is 0. The van der Waals surface area contributed by atoms with Crippen molar-refractivity contribution < 1.29 is 17.9 Å². The van der Waals surface area contributed by atoms with Crippen molar-refractivity contribution in [3.8, 4) is 28.0 Å². The van der Waals surface area contributed by atoms with Crippen LogP contribution in [0.1, 0.15) is 23.6 Å². The van der Waals surface area contributed by atoms with Crippen molar-refractivity contribution in [1.29, 1.82) is 0 Å². The molecule has 0 saturated carbocycles. The van der Waals surface area contributed by atoms with Crippen molar-refractivity contribution >= 4 is 12.2 Å². The Hall–Kier alpha value is -3.79. The van der Waals surface area contributed by atoms with E-state index < -0.39 is 17.5 Å². The molecular weight excluding hydrogens is 421 g/mol. The predicted molar refractivity (Wildman–Crippen MR) is 128 cm³/mol. The monoisotopic (exact) mass is 444 g/mol. The van der Waals surface area contributed by atoms with Crippen LogP contribution < -0.4 is 4.74 Å². The van der Waals surface area contributed by atoms with Gasteiger partial charge in [-0.1, -0.05) is 85.8 Å². The molecule has 1 nitrogen and oxygen atoms in total. The van der Waals surface area contributed by atoms with Crippen LogP contribution in [0.2, 0.25) is 0 Å². The van der Waals surface area contributed by atoms with Gasteiger partial charge in [-0.3, -0.25) is 0 Å². The Morgan fingerprint density at radius 3 is 2.00 bits per heavy atom. The number of benzene rings is 4. The molecule has 166 valence electrons. The third-order valence-corrected chi connectivity index (χ3v) is 5.64. The Bertz CT molecular complexity index is 1290. The molecule has 0 aliphatic rings. The van der Waals surface area contributed by atoms with Crippen LogP contribution in [0.5, 0.6) is 5.75 Å². The summed E-state index contributed by atoms with van der Waals surface area (Å²) in [4.78, 5) is 0. The Balaban J connectivity index is 1.54. The van der Waals surface area contributed by atoms with Gasteiger partial charge < -0.3 is 4.74 Å². The van der Waals surface area contributed by atoms with Crippen molar-refractivity contribution in [2.24, 2.45) is 0 Å². The molecular formula is C29H23F3O. The van der Waals surface area contributed by atoms with Crippen LogP contribution >= 0.6 is 0 Å². The fraction of sp³-hybridized carbons (Fsp3) is 0.103. The van der Waals surface area contributed by atoms with Crippen molar-refractivity contribution in [2.75, 3.05) is 7.11 Å². The van der Waals surface area contributed by atoms with E-state index >= 15 is 0 Å². The Morgan fingerprint density at radius 1 is 0.697 bits per heavy atom. The van der Waals surface area contributed by atoms with E-state index in [1.807, 2.05) is 55.5 Å².